The summed E-state index contributed by atoms with van der Waals surface area (Å²) in [5.41, 5.74) is 8.61. The first-order valence-electron chi connectivity index (χ1n) is 21.9. The van der Waals surface area contributed by atoms with Gasteiger partial charge in [0, 0.05) is 54.0 Å². The van der Waals surface area contributed by atoms with Crippen LogP contribution >= 0.6 is 22.7 Å². The van der Waals surface area contributed by atoms with E-state index < -0.39 is 5.97 Å². The van der Waals surface area contributed by atoms with Crippen LogP contribution in [-0.4, -0.2) is 86.3 Å². The smallest absolute Gasteiger partial charge is 0.306 e. The molecule has 0 radical (unpaired) electrons. The number of ether oxygens (including phenoxy) is 2. The molecule has 64 heavy (non-hydrogen) atoms. The lowest BCUT2D eigenvalue weighted by Gasteiger charge is -2.31. The minimum absolute atomic E-state index is 0.0336. The van der Waals surface area contributed by atoms with Gasteiger partial charge in [-0.3, -0.25) is 24.4 Å². The van der Waals surface area contributed by atoms with E-state index in [1.54, 1.807) is 35.3 Å². The summed E-state index contributed by atoms with van der Waals surface area (Å²) in [5, 5.41) is 18.4. The average molecular weight is 898 g/mol. The fourth-order valence-electron chi connectivity index (χ4n) is 9.34. The van der Waals surface area contributed by atoms with Gasteiger partial charge in [0.1, 0.15) is 51.2 Å². The Bertz CT molecular complexity index is 2900. The topological polar surface area (TPSA) is 193 Å². The molecule has 0 saturated carbocycles. The number of aryl methyl sites for hydroxylation is 2. The van der Waals surface area contributed by atoms with Crippen LogP contribution in [0.25, 0.3) is 20.4 Å². The van der Waals surface area contributed by atoms with Gasteiger partial charge in [-0.25, -0.2) is 19.9 Å². The molecule has 15 nitrogen and oxygen atoms in total. The number of rotatable bonds is 10. The third kappa shape index (κ3) is 8.06. The molecule has 0 bridgehead atoms. The van der Waals surface area contributed by atoms with Crippen LogP contribution in [0, 0.1) is 11.8 Å². The molecular weight excluding hydrogens is 851 g/mol. The van der Waals surface area contributed by atoms with E-state index in [9.17, 15) is 19.5 Å². The number of likely N-dealkylation sites (tertiary alicyclic amines) is 1. The second kappa shape index (κ2) is 17.7. The lowest BCUT2D eigenvalue weighted by Crippen LogP contribution is -2.43. The van der Waals surface area contributed by atoms with Gasteiger partial charge in [0.05, 0.1) is 54.4 Å². The molecule has 0 spiro atoms. The zero-order valence-corrected chi connectivity index (χ0v) is 37.2. The summed E-state index contributed by atoms with van der Waals surface area (Å²) in [6.07, 6.45) is 12.1. The van der Waals surface area contributed by atoms with Crippen molar-refractivity contribution in [2.24, 2.45) is 21.8 Å². The van der Waals surface area contributed by atoms with Crippen molar-refractivity contribution < 1.29 is 29.0 Å². The Morgan fingerprint density at radius 2 is 1.22 bits per heavy atom. The van der Waals surface area contributed by atoms with Crippen molar-refractivity contribution in [3.05, 3.63) is 80.1 Å². The Morgan fingerprint density at radius 1 is 0.719 bits per heavy atom. The predicted octanol–water partition coefficient (Wildman–Crippen LogP) is 8.02. The van der Waals surface area contributed by atoms with E-state index in [1.165, 1.54) is 16.0 Å². The van der Waals surface area contributed by atoms with E-state index in [4.69, 9.17) is 9.47 Å². The van der Waals surface area contributed by atoms with Crippen LogP contribution in [0.1, 0.15) is 82.7 Å². The molecule has 11 rings (SSSR count). The Hall–Kier alpha value is -6.33. The van der Waals surface area contributed by atoms with Crippen molar-refractivity contribution in [2.45, 2.75) is 78.3 Å². The molecule has 0 unspecified atom stereocenters. The number of carbonyl (C=O) groups excluding carboxylic acids is 2. The molecule has 1 amide bonds. The second-order valence-electron chi connectivity index (χ2n) is 16.5. The number of aliphatic carboxylic acids is 1. The molecule has 4 aromatic heterocycles. The summed E-state index contributed by atoms with van der Waals surface area (Å²) in [6.45, 7) is 7.55. The van der Waals surface area contributed by atoms with Crippen LogP contribution < -0.4 is 20.1 Å². The second-order valence-corrected chi connectivity index (χ2v) is 18.7. The number of nitrogens with zero attached hydrogens (tertiary/aromatic N) is 7. The summed E-state index contributed by atoms with van der Waals surface area (Å²) < 4.78 is 11.8. The molecule has 5 aliphatic rings. The lowest BCUT2D eigenvalue weighted by atomic mass is 9.86. The van der Waals surface area contributed by atoms with E-state index in [0.29, 0.717) is 65.1 Å². The molecule has 2 aliphatic carbocycles. The van der Waals surface area contributed by atoms with Gasteiger partial charge in [0.25, 0.3) is 0 Å². The van der Waals surface area contributed by atoms with Gasteiger partial charge in [-0.2, -0.15) is 0 Å². The highest BCUT2D eigenvalue weighted by Crippen LogP contribution is 2.44. The number of carboxylic acid groups (broad SMARTS) is 1. The molecule has 328 valence electrons. The van der Waals surface area contributed by atoms with E-state index in [-0.39, 0.29) is 23.5 Å². The van der Waals surface area contributed by atoms with Crippen molar-refractivity contribution in [3.63, 3.8) is 0 Å². The fraction of sp³-hybridized carbons (Fsp3) is 0.383. The number of anilines is 4. The van der Waals surface area contributed by atoms with E-state index in [0.717, 1.165) is 108 Å². The molecule has 1 saturated heterocycles. The van der Waals surface area contributed by atoms with Crippen molar-refractivity contribution in [1.82, 2.24) is 24.8 Å². The number of carbonyl (C=O) groups is 3. The Labute approximate surface area is 377 Å². The number of hydrogen-bond acceptors (Lipinski definition) is 15. The fourth-order valence-corrected chi connectivity index (χ4v) is 11.9. The summed E-state index contributed by atoms with van der Waals surface area (Å²) >= 11 is 3.23. The van der Waals surface area contributed by atoms with Gasteiger partial charge in [0.2, 0.25) is 5.91 Å². The van der Waals surface area contributed by atoms with E-state index in [2.05, 4.69) is 52.7 Å². The van der Waals surface area contributed by atoms with Crippen LogP contribution in [-0.2, 0) is 53.2 Å². The molecule has 3 N–H and O–H groups in total. The number of ketones is 1. The normalized spacial score (nSPS) is 18.2. The van der Waals surface area contributed by atoms with Crippen molar-refractivity contribution >= 4 is 96.2 Å². The predicted molar refractivity (Wildman–Crippen MR) is 249 cm³/mol. The van der Waals surface area contributed by atoms with Crippen molar-refractivity contribution in [2.75, 3.05) is 36.9 Å². The minimum atomic E-state index is -0.723. The van der Waals surface area contributed by atoms with Crippen molar-refractivity contribution in [1.29, 1.82) is 0 Å². The SMILES string of the molecule is CCOc1cc2c(cc1Nc1ncnc3sc4c(c13)CC[C@@H](C(=O)N1CCC(=O)CC1)C4)C=NC2.CCOc1cc2c(cc1Nc1ncnc3sc4c(c13)CC[C@@H](C(=O)O)C4)C=NC2. The summed E-state index contributed by atoms with van der Waals surface area (Å²) in [6, 6.07) is 8.21. The van der Waals surface area contributed by atoms with Crippen LogP contribution in [0.2, 0.25) is 0 Å². The molecule has 7 heterocycles. The summed E-state index contributed by atoms with van der Waals surface area (Å²) in [7, 11) is 0. The number of fused-ring (bicyclic) bond motifs is 8. The molecule has 6 aromatic rings. The van der Waals surface area contributed by atoms with E-state index in [1.807, 2.05) is 43.3 Å². The number of aromatic nitrogens is 4. The van der Waals surface area contributed by atoms with Crippen LogP contribution in [0.3, 0.4) is 0 Å². The van der Waals surface area contributed by atoms with Gasteiger partial charge in [-0.15, -0.1) is 22.7 Å². The first-order chi connectivity index (χ1) is 31.2. The van der Waals surface area contributed by atoms with Crippen LogP contribution in [0.5, 0.6) is 11.5 Å². The van der Waals surface area contributed by atoms with Gasteiger partial charge in [0.15, 0.2) is 0 Å². The van der Waals surface area contributed by atoms with Crippen molar-refractivity contribution in [3.8, 4) is 11.5 Å². The minimum Gasteiger partial charge on any atom is -0.492 e. The highest BCUT2D eigenvalue weighted by Gasteiger charge is 2.33. The number of hydrogen-bond donors (Lipinski definition) is 3. The largest absolute Gasteiger partial charge is 0.492 e. The maximum absolute atomic E-state index is 13.1. The van der Waals surface area contributed by atoms with Gasteiger partial charge >= 0.3 is 5.97 Å². The Kier molecular flexibility index (Phi) is 11.5. The van der Waals surface area contributed by atoms with Gasteiger partial charge in [-0.05, 0) is 110 Å². The molecule has 2 aromatic carbocycles. The van der Waals surface area contributed by atoms with Crippen LogP contribution in [0.15, 0.2) is 46.9 Å². The lowest BCUT2D eigenvalue weighted by molar-refractivity contribution is -0.142. The number of nitrogens with one attached hydrogen (secondary N) is 2. The molecule has 3 aliphatic heterocycles. The first kappa shape index (κ1) is 41.7. The molecule has 2 atom stereocenters. The number of aliphatic imine (C=N–C) groups is 2. The van der Waals surface area contributed by atoms with Gasteiger partial charge in [-0.1, -0.05) is 0 Å². The molecular formula is C47H47N9O6S2. The molecule has 17 heteroatoms. The summed E-state index contributed by atoms with van der Waals surface area (Å²) in [5.74, 6) is 2.43. The highest BCUT2D eigenvalue weighted by atomic mass is 32.1. The zero-order chi connectivity index (χ0) is 43.9. The summed E-state index contributed by atoms with van der Waals surface area (Å²) in [4.78, 5) is 69.0. The number of piperidine rings is 1. The van der Waals surface area contributed by atoms with Gasteiger partial charge < -0.3 is 30.1 Å². The average Bonchev–Trinajstić information content (AvgIpc) is 4.11. The number of amides is 1. The zero-order valence-electron chi connectivity index (χ0n) is 35.6. The Morgan fingerprint density at radius 3 is 1.72 bits per heavy atom. The number of carboxylic acids is 1. The van der Waals surface area contributed by atoms with E-state index >= 15 is 0 Å². The number of benzene rings is 2. The maximum atomic E-state index is 13.1. The number of Topliss-reactive ketones (excluding diaryl/α,β-unsaturated/α-hetero) is 1. The first-order valence-corrected chi connectivity index (χ1v) is 23.5. The third-order valence-corrected chi connectivity index (χ3v) is 14.9. The number of thiophene rings is 2. The quantitative estimate of drug-likeness (QED) is 0.120. The Balaban J connectivity index is 0.000000154. The van der Waals surface area contributed by atoms with Crippen LogP contribution in [0.4, 0.5) is 23.0 Å². The molecule has 1 fully saturated rings. The standard InChI is InChI=1S/C26H27N5O3S.C21H20N4O3S/c1-2-34-21-10-17-13-27-12-16(17)9-20(21)30-24-23-19-4-3-15(11-22(19)35-25(23)29-14-28-24)26(33)31-7-5-18(32)6-8-31;1-2-28-16-6-13-9-22-8-12(13)5-15(16)25-19-18-14-4-3-11(21(26)27)7-17(14)29-20(18)24-10-23-19/h9-10,12,14-15H,2-8,11,13H2,1H3,(H,28,29,30);5-6,8,10-11H,2-4,7,9H2,1H3,(H,26,27)(H,23,24,25)/t15-;11-/m11/s1. The maximum Gasteiger partial charge on any atom is 0.306 e. The monoisotopic (exact) mass is 897 g/mol. The third-order valence-electron chi connectivity index (χ3n) is 12.6. The highest BCUT2D eigenvalue weighted by molar-refractivity contribution is 7.19.